The van der Waals surface area contributed by atoms with Crippen LogP contribution in [0, 0.1) is 0 Å². The molecule has 2 atom stereocenters. The zero-order chi connectivity index (χ0) is 19.1. The van der Waals surface area contributed by atoms with E-state index >= 15 is 0 Å². The first-order valence-electron chi connectivity index (χ1n) is 10.4. The molecule has 3 saturated heterocycles. The molecule has 7 nitrogen and oxygen atoms in total. The van der Waals surface area contributed by atoms with Gasteiger partial charge in [0, 0.05) is 36.8 Å². The molecule has 28 heavy (non-hydrogen) atoms. The summed E-state index contributed by atoms with van der Waals surface area (Å²) in [5.41, 5.74) is 8.52. The van der Waals surface area contributed by atoms with Crippen LogP contribution < -0.4 is 16.0 Å². The van der Waals surface area contributed by atoms with Crippen molar-refractivity contribution >= 4 is 11.5 Å². The monoisotopic (exact) mass is 380 g/mol. The second kappa shape index (κ2) is 7.22. The maximum absolute atomic E-state index is 10.2. The van der Waals surface area contributed by atoms with Crippen LogP contribution in [0.1, 0.15) is 25.7 Å². The van der Waals surface area contributed by atoms with Crippen molar-refractivity contribution < 1.29 is 5.11 Å². The summed E-state index contributed by atoms with van der Waals surface area (Å²) in [6.45, 7) is 4.23. The zero-order valence-corrected chi connectivity index (χ0v) is 16.1. The molecule has 1 aromatic heterocycles. The van der Waals surface area contributed by atoms with Crippen molar-refractivity contribution in [2.24, 2.45) is 0 Å². The number of rotatable bonds is 3. The highest BCUT2D eigenvalue weighted by atomic mass is 16.3. The van der Waals surface area contributed by atoms with Crippen molar-refractivity contribution in [2.45, 2.75) is 43.8 Å². The molecule has 1 aromatic carbocycles. The number of phenols is 1. The maximum Gasteiger partial charge on any atom is 0.169 e. The molecule has 3 aliphatic rings. The van der Waals surface area contributed by atoms with Gasteiger partial charge in [0.1, 0.15) is 5.75 Å². The van der Waals surface area contributed by atoms with E-state index in [2.05, 4.69) is 25.3 Å². The number of aromatic nitrogens is 2. The molecule has 0 amide bonds. The van der Waals surface area contributed by atoms with Gasteiger partial charge < -0.3 is 21.1 Å². The number of nitrogens with one attached hydrogen (secondary N) is 1. The van der Waals surface area contributed by atoms with Crippen LogP contribution in [0.3, 0.4) is 0 Å². The fraction of sp³-hybridized carbons (Fsp3) is 0.524. The SMILES string of the molecule is Nc1nnc(-c2ccccc2O)cc1N1CC2CCC(C1)N2C1CCNCC1. The lowest BCUT2D eigenvalue weighted by Crippen LogP contribution is -2.59. The van der Waals surface area contributed by atoms with Crippen LogP contribution in [0.15, 0.2) is 30.3 Å². The van der Waals surface area contributed by atoms with Gasteiger partial charge in [-0.05, 0) is 57.0 Å². The lowest BCUT2D eigenvalue weighted by Gasteiger charge is -2.47. The Balaban J connectivity index is 1.40. The van der Waals surface area contributed by atoms with Crippen LogP contribution >= 0.6 is 0 Å². The average molecular weight is 380 g/mol. The van der Waals surface area contributed by atoms with Gasteiger partial charge >= 0.3 is 0 Å². The summed E-state index contributed by atoms with van der Waals surface area (Å²) in [7, 11) is 0. The van der Waals surface area contributed by atoms with E-state index in [0.29, 0.717) is 35.2 Å². The molecule has 0 saturated carbocycles. The number of benzene rings is 1. The smallest absolute Gasteiger partial charge is 0.169 e. The van der Waals surface area contributed by atoms with Gasteiger partial charge in [0.25, 0.3) is 0 Å². The highest BCUT2D eigenvalue weighted by Gasteiger charge is 2.43. The highest BCUT2D eigenvalue weighted by molar-refractivity contribution is 5.74. The lowest BCUT2D eigenvalue weighted by atomic mass is 10.0. The van der Waals surface area contributed by atoms with Gasteiger partial charge in [-0.15, -0.1) is 10.2 Å². The van der Waals surface area contributed by atoms with Crippen LogP contribution in [0.25, 0.3) is 11.3 Å². The summed E-state index contributed by atoms with van der Waals surface area (Å²) in [6.07, 6.45) is 5.03. The number of piperazine rings is 1. The number of fused-ring (bicyclic) bond motifs is 2. The van der Waals surface area contributed by atoms with Gasteiger partial charge in [-0.3, -0.25) is 4.90 Å². The number of phenolic OH excluding ortho intramolecular Hbond substituents is 1. The quantitative estimate of drug-likeness (QED) is 0.748. The van der Waals surface area contributed by atoms with Crippen LogP contribution in [-0.2, 0) is 0 Å². The minimum absolute atomic E-state index is 0.211. The normalized spacial score (nSPS) is 25.9. The molecule has 0 spiro atoms. The van der Waals surface area contributed by atoms with Crippen molar-refractivity contribution in [1.29, 1.82) is 0 Å². The summed E-state index contributed by atoms with van der Waals surface area (Å²) in [4.78, 5) is 5.18. The topological polar surface area (TPSA) is 90.5 Å². The molecule has 0 aliphatic carbocycles. The number of anilines is 2. The molecular formula is C21H28N6O. The minimum atomic E-state index is 0.211. The Kier molecular flexibility index (Phi) is 4.56. The summed E-state index contributed by atoms with van der Waals surface area (Å²) < 4.78 is 0. The summed E-state index contributed by atoms with van der Waals surface area (Å²) in [6, 6.07) is 11.1. The van der Waals surface area contributed by atoms with Crippen molar-refractivity contribution in [3.05, 3.63) is 30.3 Å². The molecule has 2 bridgehead atoms. The third-order valence-corrected chi connectivity index (χ3v) is 6.59. The van der Waals surface area contributed by atoms with Gasteiger partial charge in [-0.25, -0.2) is 0 Å². The predicted octanol–water partition coefficient (Wildman–Crippen LogP) is 1.84. The summed E-state index contributed by atoms with van der Waals surface area (Å²) in [5, 5.41) is 22.1. The Bertz CT molecular complexity index is 839. The number of nitrogens with zero attached hydrogens (tertiary/aromatic N) is 4. The van der Waals surface area contributed by atoms with Crippen molar-refractivity contribution in [1.82, 2.24) is 20.4 Å². The maximum atomic E-state index is 10.2. The number of piperidine rings is 1. The Labute approximate surface area is 165 Å². The van der Waals surface area contributed by atoms with Crippen LogP contribution in [0.4, 0.5) is 11.5 Å². The molecule has 2 aromatic rings. The lowest BCUT2D eigenvalue weighted by molar-refractivity contribution is 0.0894. The number of nitrogen functional groups attached to an aromatic ring is 1. The van der Waals surface area contributed by atoms with E-state index in [1.807, 2.05) is 24.3 Å². The highest BCUT2D eigenvalue weighted by Crippen LogP contribution is 2.38. The molecule has 3 fully saturated rings. The zero-order valence-electron chi connectivity index (χ0n) is 16.1. The van der Waals surface area contributed by atoms with E-state index in [1.54, 1.807) is 6.07 Å². The number of aromatic hydroxyl groups is 1. The second-order valence-corrected chi connectivity index (χ2v) is 8.24. The summed E-state index contributed by atoms with van der Waals surface area (Å²) in [5.74, 6) is 0.678. The van der Waals surface area contributed by atoms with Crippen molar-refractivity contribution in [3.8, 4) is 17.0 Å². The van der Waals surface area contributed by atoms with Crippen LogP contribution in [0.2, 0.25) is 0 Å². The van der Waals surface area contributed by atoms with Crippen LogP contribution in [0.5, 0.6) is 5.75 Å². The first-order valence-corrected chi connectivity index (χ1v) is 10.4. The molecule has 0 radical (unpaired) electrons. The fourth-order valence-electron chi connectivity index (χ4n) is 5.30. The van der Waals surface area contributed by atoms with E-state index in [-0.39, 0.29) is 5.75 Å². The van der Waals surface area contributed by atoms with Gasteiger partial charge in [0.2, 0.25) is 0 Å². The van der Waals surface area contributed by atoms with E-state index in [0.717, 1.165) is 31.9 Å². The molecule has 2 unspecified atom stereocenters. The van der Waals surface area contributed by atoms with Crippen LogP contribution in [-0.4, -0.2) is 64.5 Å². The molecule has 4 N–H and O–H groups in total. The van der Waals surface area contributed by atoms with Crippen molar-refractivity contribution in [3.63, 3.8) is 0 Å². The van der Waals surface area contributed by atoms with Gasteiger partial charge in [0.15, 0.2) is 5.82 Å². The third kappa shape index (κ3) is 3.08. The van der Waals surface area contributed by atoms with Crippen molar-refractivity contribution in [2.75, 3.05) is 36.8 Å². The molecule has 7 heteroatoms. The largest absolute Gasteiger partial charge is 0.507 e. The standard InChI is InChI=1S/C21H28N6O/c22-21-19(11-18(24-25-21)17-3-1-2-4-20(17)28)26-12-15-5-6-16(13-26)27(15)14-7-9-23-10-8-14/h1-4,11,14-16,23,28H,5-10,12-13H2,(H2,22,25). The molecular weight excluding hydrogens is 352 g/mol. The van der Waals surface area contributed by atoms with Gasteiger partial charge in [-0.2, -0.15) is 0 Å². The number of hydrogen-bond donors (Lipinski definition) is 3. The average Bonchev–Trinajstić information content (AvgIpc) is 2.99. The van der Waals surface area contributed by atoms with E-state index < -0.39 is 0 Å². The summed E-state index contributed by atoms with van der Waals surface area (Å²) >= 11 is 0. The number of para-hydroxylation sites is 1. The first kappa shape index (κ1) is 17.7. The fourth-order valence-corrected chi connectivity index (χ4v) is 5.30. The minimum Gasteiger partial charge on any atom is -0.507 e. The van der Waals surface area contributed by atoms with Gasteiger partial charge in [0.05, 0.1) is 11.4 Å². The molecule has 3 aliphatic heterocycles. The molecule has 4 heterocycles. The third-order valence-electron chi connectivity index (χ3n) is 6.59. The number of nitrogens with two attached hydrogens (primary N) is 1. The second-order valence-electron chi connectivity index (χ2n) is 8.24. The van der Waals surface area contributed by atoms with E-state index in [1.165, 1.54) is 25.7 Å². The first-order chi connectivity index (χ1) is 13.7. The molecule has 148 valence electrons. The molecule has 5 rings (SSSR count). The van der Waals surface area contributed by atoms with E-state index in [9.17, 15) is 5.11 Å². The predicted molar refractivity (Wildman–Crippen MR) is 110 cm³/mol. The Morgan fingerprint density at radius 3 is 2.39 bits per heavy atom. The number of hydrogen-bond acceptors (Lipinski definition) is 7. The Hall–Kier alpha value is -2.38. The Morgan fingerprint density at radius 2 is 1.68 bits per heavy atom. The van der Waals surface area contributed by atoms with Gasteiger partial charge in [-0.1, -0.05) is 12.1 Å². The van der Waals surface area contributed by atoms with E-state index in [4.69, 9.17) is 5.73 Å². The Morgan fingerprint density at radius 1 is 0.964 bits per heavy atom.